The fourth-order valence-corrected chi connectivity index (χ4v) is 4.39. The molecule has 0 aliphatic carbocycles. The Hall–Kier alpha value is -1.60. The summed E-state index contributed by atoms with van der Waals surface area (Å²) >= 11 is 1.42. The molecule has 4 atom stereocenters. The summed E-state index contributed by atoms with van der Waals surface area (Å²) in [5.74, 6) is 0.298. The van der Waals surface area contributed by atoms with Crippen LogP contribution in [0.3, 0.4) is 0 Å². The highest BCUT2D eigenvalue weighted by molar-refractivity contribution is 8.00. The van der Waals surface area contributed by atoms with Crippen LogP contribution in [0, 0.1) is 11.7 Å². The maximum Gasteiger partial charge on any atom is 0.243 e. The molecule has 5 nitrogen and oxygen atoms in total. The molecular weight excluding hydrogens is 341 g/mol. The van der Waals surface area contributed by atoms with E-state index < -0.39 is 6.04 Å². The maximum atomic E-state index is 13.8. The first-order valence-electron chi connectivity index (χ1n) is 8.71. The van der Waals surface area contributed by atoms with Crippen LogP contribution in [0.2, 0.25) is 0 Å². The summed E-state index contributed by atoms with van der Waals surface area (Å²) < 4.78 is 13.8. The third kappa shape index (κ3) is 4.52. The molecule has 3 rings (SSSR count). The second-order valence-corrected chi connectivity index (χ2v) is 8.00. The van der Waals surface area contributed by atoms with Gasteiger partial charge in [0, 0.05) is 18.3 Å². The highest BCUT2D eigenvalue weighted by Gasteiger charge is 2.34. The zero-order valence-electron chi connectivity index (χ0n) is 14.3. The maximum absolute atomic E-state index is 13.8. The minimum absolute atomic E-state index is 0.0966. The SMILES string of the molecule is CC1CCNCC1NC(=O)C1CSC(Cc2ccccc2F)C(=O)N1. The van der Waals surface area contributed by atoms with Gasteiger partial charge in [0.25, 0.3) is 0 Å². The standard InChI is InChI=1S/C18H24FN3O2S/c1-11-6-7-20-9-14(11)21-17(23)15-10-25-16(18(24)22-15)8-12-4-2-3-5-13(12)19/h2-5,11,14-16,20H,6-10H2,1H3,(H,21,23)(H,22,24). The van der Waals surface area contributed by atoms with Gasteiger partial charge in [-0.2, -0.15) is 0 Å². The average molecular weight is 365 g/mol. The van der Waals surface area contributed by atoms with Crippen LogP contribution in [0.4, 0.5) is 4.39 Å². The van der Waals surface area contributed by atoms with Gasteiger partial charge in [-0.05, 0) is 36.9 Å². The number of hydrogen-bond acceptors (Lipinski definition) is 4. The fourth-order valence-electron chi connectivity index (χ4n) is 3.22. The van der Waals surface area contributed by atoms with Crippen LogP contribution in [0.5, 0.6) is 0 Å². The molecule has 2 amide bonds. The summed E-state index contributed by atoms with van der Waals surface area (Å²) in [5, 5.41) is 8.75. The lowest BCUT2D eigenvalue weighted by molar-refractivity contribution is -0.129. The van der Waals surface area contributed by atoms with Crippen molar-refractivity contribution in [2.75, 3.05) is 18.8 Å². The van der Waals surface area contributed by atoms with E-state index in [2.05, 4.69) is 22.9 Å². The predicted octanol–water partition coefficient (Wildman–Crippen LogP) is 1.08. The van der Waals surface area contributed by atoms with Crippen molar-refractivity contribution in [3.63, 3.8) is 0 Å². The fraction of sp³-hybridized carbons (Fsp3) is 0.556. The summed E-state index contributed by atoms with van der Waals surface area (Å²) in [5.41, 5.74) is 0.528. The Morgan fingerprint density at radius 1 is 1.40 bits per heavy atom. The van der Waals surface area contributed by atoms with E-state index in [0.29, 0.717) is 23.7 Å². The Bertz CT molecular complexity index is 643. The number of hydrogen-bond donors (Lipinski definition) is 3. The number of nitrogens with one attached hydrogen (secondary N) is 3. The van der Waals surface area contributed by atoms with E-state index in [4.69, 9.17) is 0 Å². The Kier molecular flexibility index (Phi) is 5.96. The quantitative estimate of drug-likeness (QED) is 0.747. The molecule has 136 valence electrons. The molecule has 0 spiro atoms. The van der Waals surface area contributed by atoms with E-state index in [-0.39, 0.29) is 28.9 Å². The number of carbonyl (C=O) groups is 2. The largest absolute Gasteiger partial charge is 0.350 e. The molecule has 0 bridgehead atoms. The van der Waals surface area contributed by atoms with Gasteiger partial charge in [0.2, 0.25) is 11.8 Å². The minimum Gasteiger partial charge on any atom is -0.350 e. The number of rotatable bonds is 4. The summed E-state index contributed by atoms with van der Waals surface area (Å²) in [6, 6.07) is 6.06. The molecule has 2 aliphatic rings. The number of piperidine rings is 1. The van der Waals surface area contributed by atoms with Crippen molar-refractivity contribution in [3.8, 4) is 0 Å². The van der Waals surface area contributed by atoms with E-state index in [9.17, 15) is 14.0 Å². The van der Waals surface area contributed by atoms with Crippen LogP contribution >= 0.6 is 11.8 Å². The zero-order valence-corrected chi connectivity index (χ0v) is 15.1. The molecule has 1 aromatic carbocycles. The van der Waals surface area contributed by atoms with Gasteiger partial charge in [-0.1, -0.05) is 25.1 Å². The first-order valence-corrected chi connectivity index (χ1v) is 9.76. The highest BCUT2D eigenvalue weighted by Crippen LogP contribution is 2.23. The van der Waals surface area contributed by atoms with Crippen molar-refractivity contribution in [1.82, 2.24) is 16.0 Å². The Labute approximate surface area is 151 Å². The van der Waals surface area contributed by atoms with Crippen molar-refractivity contribution < 1.29 is 14.0 Å². The van der Waals surface area contributed by atoms with E-state index in [1.807, 2.05) is 0 Å². The third-order valence-electron chi connectivity index (χ3n) is 4.91. The topological polar surface area (TPSA) is 70.2 Å². The lowest BCUT2D eigenvalue weighted by Gasteiger charge is -2.33. The summed E-state index contributed by atoms with van der Waals surface area (Å²) in [7, 11) is 0. The van der Waals surface area contributed by atoms with E-state index >= 15 is 0 Å². The van der Waals surface area contributed by atoms with E-state index in [1.165, 1.54) is 17.8 Å². The summed E-state index contributed by atoms with van der Waals surface area (Å²) in [4.78, 5) is 24.8. The van der Waals surface area contributed by atoms with Crippen molar-refractivity contribution in [1.29, 1.82) is 0 Å². The highest BCUT2D eigenvalue weighted by atomic mass is 32.2. The lowest BCUT2D eigenvalue weighted by Crippen LogP contribution is -2.59. The van der Waals surface area contributed by atoms with Crippen molar-refractivity contribution in [3.05, 3.63) is 35.6 Å². The second-order valence-electron chi connectivity index (χ2n) is 6.76. The van der Waals surface area contributed by atoms with Gasteiger partial charge < -0.3 is 16.0 Å². The van der Waals surface area contributed by atoms with Crippen molar-refractivity contribution in [2.45, 2.75) is 37.1 Å². The zero-order chi connectivity index (χ0) is 17.8. The molecule has 7 heteroatoms. The number of amides is 2. The Morgan fingerprint density at radius 3 is 2.92 bits per heavy atom. The van der Waals surface area contributed by atoms with E-state index in [0.717, 1.165) is 19.5 Å². The normalized spacial score (nSPS) is 29.8. The van der Waals surface area contributed by atoms with Gasteiger partial charge in [0.05, 0.1) is 5.25 Å². The molecule has 3 N–H and O–H groups in total. The molecule has 2 saturated heterocycles. The van der Waals surface area contributed by atoms with Crippen LogP contribution in [0.25, 0.3) is 0 Å². The van der Waals surface area contributed by atoms with Gasteiger partial charge in [-0.25, -0.2) is 4.39 Å². The predicted molar refractivity (Wildman–Crippen MR) is 96.9 cm³/mol. The van der Waals surface area contributed by atoms with E-state index in [1.54, 1.807) is 18.2 Å². The lowest BCUT2D eigenvalue weighted by atomic mass is 9.94. The molecule has 0 saturated carbocycles. The molecule has 4 unspecified atom stereocenters. The molecule has 1 aromatic rings. The van der Waals surface area contributed by atoms with Crippen LogP contribution in [0.1, 0.15) is 18.9 Å². The molecular formula is C18H24FN3O2S. The minimum atomic E-state index is -0.525. The molecule has 2 heterocycles. The first-order chi connectivity index (χ1) is 12.0. The smallest absolute Gasteiger partial charge is 0.243 e. The first kappa shape index (κ1) is 18.2. The number of halogens is 1. The summed E-state index contributed by atoms with van der Waals surface area (Å²) in [6.45, 7) is 3.86. The monoisotopic (exact) mass is 365 g/mol. The van der Waals surface area contributed by atoms with Gasteiger partial charge in [-0.15, -0.1) is 11.8 Å². The third-order valence-corrected chi connectivity index (χ3v) is 6.22. The van der Waals surface area contributed by atoms with Crippen LogP contribution in [-0.4, -0.2) is 48.0 Å². The van der Waals surface area contributed by atoms with Crippen LogP contribution < -0.4 is 16.0 Å². The molecule has 25 heavy (non-hydrogen) atoms. The Morgan fingerprint density at radius 2 is 2.20 bits per heavy atom. The summed E-state index contributed by atoms with van der Waals surface area (Å²) in [6.07, 6.45) is 1.36. The van der Waals surface area contributed by atoms with Crippen molar-refractivity contribution in [2.24, 2.45) is 5.92 Å². The van der Waals surface area contributed by atoms with Gasteiger partial charge in [0.1, 0.15) is 11.9 Å². The van der Waals surface area contributed by atoms with Gasteiger partial charge in [0.15, 0.2) is 0 Å². The second kappa shape index (κ2) is 8.19. The molecule has 0 radical (unpaired) electrons. The number of thioether (sulfide) groups is 1. The molecule has 2 fully saturated rings. The molecule has 2 aliphatic heterocycles. The van der Waals surface area contributed by atoms with Crippen LogP contribution in [-0.2, 0) is 16.0 Å². The number of carbonyl (C=O) groups excluding carboxylic acids is 2. The molecule has 0 aromatic heterocycles. The van der Waals surface area contributed by atoms with Gasteiger partial charge in [-0.3, -0.25) is 9.59 Å². The van der Waals surface area contributed by atoms with Crippen LogP contribution in [0.15, 0.2) is 24.3 Å². The van der Waals surface area contributed by atoms with Crippen molar-refractivity contribution >= 4 is 23.6 Å². The average Bonchev–Trinajstić information content (AvgIpc) is 2.60. The number of benzene rings is 1. The Balaban J connectivity index is 1.53. The van der Waals surface area contributed by atoms with Gasteiger partial charge >= 0.3 is 0 Å².